The zero-order chi connectivity index (χ0) is 20.2. The molecule has 2 heteroatoms. The second-order valence-electron chi connectivity index (χ2n) is 8.22. The van der Waals surface area contributed by atoms with E-state index in [-0.39, 0.29) is 0 Å². The first-order valence-corrected chi connectivity index (χ1v) is 10.8. The van der Waals surface area contributed by atoms with Gasteiger partial charge in [-0.3, -0.25) is 0 Å². The van der Waals surface area contributed by atoms with Crippen LogP contribution in [-0.4, -0.2) is 9.13 Å². The van der Waals surface area contributed by atoms with Crippen molar-refractivity contribution in [3.05, 3.63) is 91.0 Å². The molecule has 0 N–H and O–H groups in total. The van der Waals surface area contributed by atoms with E-state index in [2.05, 4.69) is 114 Å². The van der Waals surface area contributed by atoms with Crippen LogP contribution in [0.15, 0.2) is 91.0 Å². The second kappa shape index (κ2) is 6.50. The fourth-order valence-corrected chi connectivity index (χ4v) is 4.97. The average Bonchev–Trinajstić information content (AvgIpc) is 3.30. The highest BCUT2D eigenvalue weighted by molar-refractivity contribution is 6.18. The fourth-order valence-electron chi connectivity index (χ4n) is 4.97. The summed E-state index contributed by atoms with van der Waals surface area (Å²) in [6.45, 7) is 4.59. The number of benzene rings is 4. The molecule has 2 nitrogen and oxygen atoms in total. The van der Waals surface area contributed by atoms with E-state index in [1.165, 1.54) is 49.3 Å². The molecule has 4 aromatic carbocycles. The first kappa shape index (κ1) is 17.3. The Kier molecular flexibility index (Phi) is 3.76. The van der Waals surface area contributed by atoms with Crippen LogP contribution < -0.4 is 0 Å². The number of hydrogen-bond acceptors (Lipinski definition) is 0. The van der Waals surface area contributed by atoms with Gasteiger partial charge in [0, 0.05) is 38.8 Å². The van der Waals surface area contributed by atoms with Crippen LogP contribution >= 0.6 is 0 Å². The summed E-state index contributed by atoms with van der Waals surface area (Å²) in [5.41, 5.74) is 6.38. The minimum Gasteiger partial charge on any atom is -0.338 e. The number of hydrogen-bond donors (Lipinski definition) is 0. The van der Waals surface area contributed by atoms with Crippen LogP contribution in [0, 0.1) is 0 Å². The molecule has 2 aromatic heterocycles. The fraction of sp³-hybridized carbons (Fsp3) is 0.143. The van der Waals surface area contributed by atoms with Crippen molar-refractivity contribution >= 4 is 43.6 Å². The monoisotopic (exact) mass is 388 g/mol. The molecular weight excluding hydrogens is 364 g/mol. The standard InChI is InChI=1S/C28H24N2/c1-3-19(2)29-25-15-9-7-13-21(25)23-18-28-24(17-27(23)29)22-14-8-10-16-26(22)30(28)20-11-5-4-6-12-20/h4-19H,3H2,1-2H3. The highest BCUT2D eigenvalue weighted by Crippen LogP contribution is 2.39. The molecule has 0 spiro atoms. The van der Waals surface area contributed by atoms with Gasteiger partial charge in [0.05, 0.1) is 16.6 Å². The number of rotatable bonds is 3. The van der Waals surface area contributed by atoms with Gasteiger partial charge < -0.3 is 9.13 Å². The molecular formula is C28H24N2. The number of fused-ring (bicyclic) bond motifs is 6. The third-order valence-electron chi connectivity index (χ3n) is 6.55. The molecule has 1 atom stereocenters. The van der Waals surface area contributed by atoms with Gasteiger partial charge in [-0.1, -0.05) is 61.5 Å². The molecule has 2 heterocycles. The molecule has 0 aliphatic heterocycles. The van der Waals surface area contributed by atoms with Crippen molar-refractivity contribution in [2.45, 2.75) is 26.3 Å². The Hall–Kier alpha value is -3.52. The smallest absolute Gasteiger partial charge is 0.0548 e. The van der Waals surface area contributed by atoms with Gasteiger partial charge in [-0.25, -0.2) is 0 Å². The zero-order valence-corrected chi connectivity index (χ0v) is 17.3. The van der Waals surface area contributed by atoms with E-state index in [4.69, 9.17) is 0 Å². The molecule has 6 aromatic rings. The summed E-state index contributed by atoms with van der Waals surface area (Å²) < 4.78 is 4.93. The van der Waals surface area contributed by atoms with Gasteiger partial charge >= 0.3 is 0 Å². The van der Waals surface area contributed by atoms with Gasteiger partial charge in [-0.05, 0) is 49.7 Å². The maximum Gasteiger partial charge on any atom is 0.0548 e. The molecule has 0 saturated heterocycles. The molecule has 0 amide bonds. The molecule has 1 unspecified atom stereocenters. The van der Waals surface area contributed by atoms with Gasteiger partial charge in [0.2, 0.25) is 0 Å². The lowest BCUT2D eigenvalue weighted by Crippen LogP contribution is -2.03. The Balaban J connectivity index is 1.84. The highest BCUT2D eigenvalue weighted by atomic mass is 15.0. The topological polar surface area (TPSA) is 9.86 Å². The van der Waals surface area contributed by atoms with Crippen LogP contribution in [0.3, 0.4) is 0 Å². The minimum atomic E-state index is 0.451. The Morgan fingerprint density at radius 1 is 0.600 bits per heavy atom. The van der Waals surface area contributed by atoms with E-state index in [9.17, 15) is 0 Å². The molecule has 30 heavy (non-hydrogen) atoms. The van der Waals surface area contributed by atoms with E-state index in [0.29, 0.717) is 6.04 Å². The average molecular weight is 389 g/mol. The zero-order valence-electron chi connectivity index (χ0n) is 17.3. The predicted molar refractivity (Wildman–Crippen MR) is 129 cm³/mol. The summed E-state index contributed by atoms with van der Waals surface area (Å²) in [6.07, 6.45) is 1.11. The molecule has 0 saturated carbocycles. The van der Waals surface area contributed by atoms with E-state index < -0.39 is 0 Å². The van der Waals surface area contributed by atoms with Gasteiger partial charge in [0.15, 0.2) is 0 Å². The molecule has 0 aliphatic rings. The van der Waals surface area contributed by atoms with Crippen molar-refractivity contribution in [3.63, 3.8) is 0 Å². The van der Waals surface area contributed by atoms with E-state index in [1.54, 1.807) is 0 Å². The summed E-state index contributed by atoms with van der Waals surface area (Å²) >= 11 is 0. The van der Waals surface area contributed by atoms with Crippen LogP contribution in [0.5, 0.6) is 0 Å². The van der Waals surface area contributed by atoms with Crippen LogP contribution in [0.1, 0.15) is 26.3 Å². The Morgan fingerprint density at radius 2 is 1.17 bits per heavy atom. The van der Waals surface area contributed by atoms with Crippen LogP contribution in [0.2, 0.25) is 0 Å². The molecule has 146 valence electrons. The summed E-state index contributed by atoms with van der Waals surface area (Å²) in [6, 6.07) is 33.5. The van der Waals surface area contributed by atoms with Crippen LogP contribution in [0.25, 0.3) is 49.3 Å². The minimum absolute atomic E-state index is 0.451. The largest absolute Gasteiger partial charge is 0.338 e. The summed E-state index contributed by atoms with van der Waals surface area (Å²) in [5.74, 6) is 0. The Bertz CT molecular complexity index is 1530. The van der Waals surface area contributed by atoms with Crippen molar-refractivity contribution in [1.29, 1.82) is 0 Å². The number of para-hydroxylation sites is 3. The molecule has 0 fully saturated rings. The third-order valence-corrected chi connectivity index (χ3v) is 6.55. The van der Waals surface area contributed by atoms with Crippen molar-refractivity contribution in [3.8, 4) is 5.69 Å². The molecule has 6 rings (SSSR count). The highest BCUT2D eigenvalue weighted by Gasteiger charge is 2.18. The quantitative estimate of drug-likeness (QED) is 0.292. The molecule has 0 radical (unpaired) electrons. The van der Waals surface area contributed by atoms with Crippen LogP contribution in [0.4, 0.5) is 0 Å². The van der Waals surface area contributed by atoms with Gasteiger partial charge in [-0.2, -0.15) is 0 Å². The molecule has 0 aliphatic carbocycles. The first-order chi connectivity index (χ1) is 14.8. The lowest BCUT2D eigenvalue weighted by Gasteiger charge is -2.15. The van der Waals surface area contributed by atoms with Crippen molar-refractivity contribution in [2.75, 3.05) is 0 Å². The first-order valence-electron chi connectivity index (χ1n) is 10.8. The van der Waals surface area contributed by atoms with Gasteiger partial charge in [0.25, 0.3) is 0 Å². The van der Waals surface area contributed by atoms with E-state index >= 15 is 0 Å². The van der Waals surface area contributed by atoms with Crippen molar-refractivity contribution < 1.29 is 0 Å². The normalized spacial score (nSPS) is 13.0. The SMILES string of the molecule is CCC(C)n1c2ccccc2c2cc3c(cc21)c1ccccc1n3-c1ccccc1. The molecule has 0 bridgehead atoms. The van der Waals surface area contributed by atoms with E-state index in [1.807, 2.05) is 0 Å². The lowest BCUT2D eigenvalue weighted by atomic mass is 10.1. The van der Waals surface area contributed by atoms with Crippen LogP contribution in [-0.2, 0) is 0 Å². The van der Waals surface area contributed by atoms with E-state index in [0.717, 1.165) is 6.42 Å². The summed E-state index contributed by atoms with van der Waals surface area (Å²) in [4.78, 5) is 0. The lowest BCUT2D eigenvalue weighted by molar-refractivity contribution is 0.563. The predicted octanol–water partition coefficient (Wildman–Crippen LogP) is 7.86. The number of aromatic nitrogens is 2. The van der Waals surface area contributed by atoms with Gasteiger partial charge in [-0.15, -0.1) is 0 Å². The van der Waals surface area contributed by atoms with Crippen molar-refractivity contribution in [1.82, 2.24) is 9.13 Å². The Morgan fingerprint density at radius 3 is 1.90 bits per heavy atom. The summed E-state index contributed by atoms with van der Waals surface area (Å²) in [7, 11) is 0. The summed E-state index contributed by atoms with van der Waals surface area (Å²) in [5, 5.41) is 5.28. The Labute approximate surface area is 176 Å². The number of nitrogens with zero attached hydrogens (tertiary/aromatic N) is 2. The second-order valence-corrected chi connectivity index (χ2v) is 8.22. The van der Waals surface area contributed by atoms with Crippen molar-refractivity contribution in [2.24, 2.45) is 0 Å². The maximum absolute atomic E-state index is 2.53. The maximum atomic E-state index is 2.53. The third kappa shape index (κ3) is 2.31. The van der Waals surface area contributed by atoms with Gasteiger partial charge in [0.1, 0.15) is 0 Å².